The van der Waals surface area contributed by atoms with Crippen LogP contribution >= 0.6 is 22.7 Å². The number of nitrogen functional groups attached to an aromatic ring is 2. The summed E-state index contributed by atoms with van der Waals surface area (Å²) < 4.78 is 36.9. The number of aromatic nitrogens is 2. The molecule has 2 aromatic heterocycles. The van der Waals surface area contributed by atoms with Gasteiger partial charge in [0, 0.05) is 17.2 Å². The van der Waals surface area contributed by atoms with Crippen molar-refractivity contribution >= 4 is 81.7 Å². The van der Waals surface area contributed by atoms with Crippen LogP contribution in [0, 0.1) is 17.0 Å². The quantitative estimate of drug-likeness (QED) is 0.0675. The summed E-state index contributed by atoms with van der Waals surface area (Å²) >= 11 is 2.64. The molecule has 0 amide bonds. The Morgan fingerprint density at radius 1 is 0.837 bits per heavy atom. The number of aryl methyl sites for hydroxylation is 1. The van der Waals surface area contributed by atoms with Gasteiger partial charge in [-0.25, -0.2) is 18.4 Å². The van der Waals surface area contributed by atoms with Gasteiger partial charge in [-0.2, -0.15) is 5.11 Å². The Labute approximate surface area is 274 Å². The van der Waals surface area contributed by atoms with E-state index < -0.39 is 15.0 Å². The van der Waals surface area contributed by atoms with Crippen LogP contribution in [0.15, 0.2) is 81.9 Å². The van der Waals surface area contributed by atoms with Crippen LogP contribution in [0.2, 0.25) is 0 Å². The molecule has 0 aliphatic carbocycles. The number of rotatable bonds is 6. The average molecular weight is 640 g/mol. The van der Waals surface area contributed by atoms with Gasteiger partial charge in [0.25, 0.3) is 5.69 Å². The van der Waals surface area contributed by atoms with Gasteiger partial charge in [0.2, 0.25) is 0 Å². The number of nitro benzene ring substituents is 1. The third-order valence-corrected chi connectivity index (χ3v) is 9.71. The van der Waals surface area contributed by atoms with Crippen LogP contribution in [0.25, 0.3) is 41.6 Å². The van der Waals surface area contributed by atoms with Crippen molar-refractivity contribution in [2.45, 2.75) is 11.8 Å². The first-order valence-electron chi connectivity index (χ1n) is 12.1. The van der Waals surface area contributed by atoms with Crippen molar-refractivity contribution in [2.24, 2.45) is 10.2 Å². The SMILES string of the molecule is Cc1ccc2nc(-c3ccc4nc(-c5ccc(N=Nc6cc([N+](=O)[O-])c(N)cc6N)cc5)sc4c3)sc2c1S(=O)(=O)[O-].[Na+]. The fourth-order valence-electron chi connectivity index (χ4n) is 4.32. The number of fused-ring (bicyclic) bond motifs is 2. The van der Waals surface area contributed by atoms with Crippen LogP contribution in [-0.4, -0.2) is 27.9 Å². The van der Waals surface area contributed by atoms with Crippen LogP contribution in [-0.2, 0) is 10.1 Å². The molecule has 0 spiro atoms. The van der Waals surface area contributed by atoms with Gasteiger partial charge >= 0.3 is 29.6 Å². The fourth-order valence-corrected chi connectivity index (χ4v) is 7.61. The molecular weight excluding hydrogens is 622 g/mol. The Bertz CT molecular complexity index is 2200. The zero-order valence-electron chi connectivity index (χ0n) is 22.5. The number of benzene rings is 4. The first-order chi connectivity index (χ1) is 20.0. The molecule has 16 heteroatoms. The van der Waals surface area contributed by atoms with E-state index in [1.54, 1.807) is 31.2 Å². The largest absolute Gasteiger partial charge is 1.00 e. The van der Waals surface area contributed by atoms with Crippen molar-refractivity contribution in [3.05, 3.63) is 82.4 Å². The maximum Gasteiger partial charge on any atom is 1.00 e. The molecule has 0 saturated carbocycles. The van der Waals surface area contributed by atoms with E-state index in [-0.39, 0.29) is 57.2 Å². The average Bonchev–Trinajstić information content (AvgIpc) is 3.56. The molecule has 0 atom stereocenters. The molecule has 0 fully saturated rings. The van der Waals surface area contributed by atoms with E-state index in [1.807, 2.05) is 30.3 Å². The molecule has 0 aliphatic heterocycles. The van der Waals surface area contributed by atoms with E-state index in [1.165, 1.54) is 34.8 Å². The van der Waals surface area contributed by atoms with Crippen molar-refractivity contribution < 1.29 is 47.5 Å². The first-order valence-corrected chi connectivity index (χ1v) is 15.1. The molecule has 6 aromatic rings. The molecule has 12 nitrogen and oxygen atoms in total. The smallest absolute Gasteiger partial charge is 0.744 e. The Kier molecular flexibility index (Phi) is 8.32. The second-order valence-electron chi connectivity index (χ2n) is 9.21. The Balaban J connectivity index is 0.00000368. The van der Waals surface area contributed by atoms with Gasteiger partial charge in [0.05, 0.1) is 41.6 Å². The molecule has 0 aliphatic rings. The standard InChI is InChI=1S/C27H19N7O5S3.Na/c1-13-2-8-20-24(25(13)42(37,38)39)41-27(31-20)15-5-9-19-23(10-15)40-26(30-19)14-3-6-16(7-4-14)32-33-21-12-22(34(35)36)18(29)11-17(21)28;/h2-12H,28-29H2,1H3,(H,37,38,39);/q;+1/p-1. The normalized spacial score (nSPS) is 11.8. The van der Waals surface area contributed by atoms with Crippen molar-refractivity contribution in [1.82, 2.24) is 9.97 Å². The van der Waals surface area contributed by atoms with Crippen molar-refractivity contribution in [1.29, 1.82) is 0 Å². The van der Waals surface area contributed by atoms with Crippen LogP contribution in [0.3, 0.4) is 0 Å². The molecular formula is C27H18N7NaO5S3. The third kappa shape index (κ3) is 6.01. The third-order valence-electron chi connectivity index (χ3n) is 6.35. The number of anilines is 2. The molecule has 0 unspecified atom stereocenters. The number of azo groups is 1. The van der Waals surface area contributed by atoms with Crippen molar-refractivity contribution in [2.75, 3.05) is 11.5 Å². The van der Waals surface area contributed by atoms with Gasteiger partial charge in [-0.15, -0.1) is 27.8 Å². The maximum atomic E-state index is 11.9. The molecule has 43 heavy (non-hydrogen) atoms. The van der Waals surface area contributed by atoms with E-state index in [4.69, 9.17) is 16.5 Å². The van der Waals surface area contributed by atoms with Crippen LogP contribution in [0.5, 0.6) is 0 Å². The van der Waals surface area contributed by atoms with Crippen LogP contribution in [0.1, 0.15) is 5.56 Å². The molecule has 0 radical (unpaired) electrons. The number of hydrogen-bond donors (Lipinski definition) is 2. The summed E-state index contributed by atoms with van der Waals surface area (Å²) in [5.41, 5.74) is 15.2. The minimum atomic E-state index is -4.66. The van der Waals surface area contributed by atoms with E-state index in [0.717, 1.165) is 26.4 Å². The maximum absolute atomic E-state index is 11.9. The molecule has 6 rings (SSSR count). The molecule has 0 bridgehead atoms. The van der Waals surface area contributed by atoms with Crippen LogP contribution in [0.4, 0.5) is 28.4 Å². The van der Waals surface area contributed by atoms with Crippen molar-refractivity contribution in [3.63, 3.8) is 0 Å². The van der Waals surface area contributed by atoms with E-state index >= 15 is 0 Å². The number of thiazole rings is 2. The zero-order chi connectivity index (χ0) is 29.8. The van der Waals surface area contributed by atoms with Crippen LogP contribution < -0.4 is 41.0 Å². The number of nitrogens with zero attached hydrogens (tertiary/aromatic N) is 5. The van der Waals surface area contributed by atoms with E-state index in [0.29, 0.717) is 26.5 Å². The molecule has 4 N–H and O–H groups in total. The summed E-state index contributed by atoms with van der Waals surface area (Å²) in [5, 5.41) is 20.7. The summed E-state index contributed by atoms with van der Waals surface area (Å²) in [7, 11) is -4.66. The zero-order valence-corrected chi connectivity index (χ0v) is 27.0. The molecule has 2 heterocycles. The van der Waals surface area contributed by atoms with Gasteiger partial charge in [-0.05, 0) is 67.1 Å². The summed E-state index contributed by atoms with van der Waals surface area (Å²) in [6.45, 7) is 1.59. The number of nitro groups is 1. The number of nitrogens with two attached hydrogens (primary N) is 2. The van der Waals surface area contributed by atoms with Gasteiger partial charge < -0.3 is 16.0 Å². The summed E-state index contributed by atoms with van der Waals surface area (Å²) in [4.78, 5) is 19.6. The molecule has 210 valence electrons. The predicted molar refractivity (Wildman–Crippen MR) is 162 cm³/mol. The summed E-state index contributed by atoms with van der Waals surface area (Å²) in [6.07, 6.45) is 0. The van der Waals surface area contributed by atoms with Gasteiger partial charge in [-0.1, -0.05) is 6.07 Å². The minimum Gasteiger partial charge on any atom is -0.744 e. The number of hydrogen-bond acceptors (Lipinski definition) is 13. The Hall–Kier alpha value is -3.83. The van der Waals surface area contributed by atoms with E-state index in [2.05, 4.69) is 15.2 Å². The Morgan fingerprint density at radius 2 is 1.49 bits per heavy atom. The van der Waals surface area contributed by atoms with Crippen molar-refractivity contribution in [3.8, 4) is 21.1 Å². The Morgan fingerprint density at radius 3 is 2.19 bits per heavy atom. The second kappa shape index (κ2) is 11.7. The van der Waals surface area contributed by atoms with Gasteiger partial charge in [0.15, 0.2) is 0 Å². The summed E-state index contributed by atoms with van der Waals surface area (Å²) in [5.74, 6) is 0. The predicted octanol–water partition coefficient (Wildman–Crippen LogP) is 3.94. The summed E-state index contributed by atoms with van der Waals surface area (Å²) in [6, 6.07) is 18.6. The first kappa shape index (κ1) is 30.6. The second-order valence-corrected chi connectivity index (χ2v) is 12.6. The van der Waals surface area contributed by atoms with E-state index in [9.17, 15) is 23.1 Å². The monoisotopic (exact) mass is 639 g/mol. The fraction of sp³-hybridized carbons (Fsp3) is 0.0370. The topological polar surface area (TPSA) is 203 Å². The van der Waals surface area contributed by atoms with Gasteiger partial charge in [0.1, 0.15) is 31.5 Å². The molecule has 4 aromatic carbocycles. The molecule has 0 saturated heterocycles. The van der Waals surface area contributed by atoms with Gasteiger partial charge in [-0.3, -0.25) is 10.1 Å². The minimum absolute atomic E-state index is 0.